The molecule has 0 saturated carbocycles. The minimum absolute atomic E-state index is 0.132. The fourth-order valence-electron chi connectivity index (χ4n) is 1.90. The second-order valence-corrected chi connectivity index (χ2v) is 5.67. The maximum atomic E-state index is 8.94. The van der Waals surface area contributed by atoms with Crippen LogP contribution in [0.4, 0.5) is 0 Å². The van der Waals surface area contributed by atoms with Gasteiger partial charge in [0.2, 0.25) is 0 Å². The molecule has 0 heterocycles. The highest BCUT2D eigenvalue weighted by atomic mass is 35.5. The molecule has 2 aromatic carbocycles. The van der Waals surface area contributed by atoms with Gasteiger partial charge in [0.25, 0.3) is 0 Å². The van der Waals surface area contributed by atoms with Crippen LogP contribution in [0.2, 0.25) is 5.02 Å². The molecular formula is C17H17ClN2O. The van der Waals surface area contributed by atoms with Gasteiger partial charge in [-0.2, -0.15) is 5.26 Å². The van der Waals surface area contributed by atoms with Crippen LogP contribution >= 0.6 is 11.6 Å². The van der Waals surface area contributed by atoms with Crippen molar-refractivity contribution in [2.45, 2.75) is 18.9 Å². The molecule has 2 rings (SSSR count). The van der Waals surface area contributed by atoms with Gasteiger partial charge >= 0.3 is 0 Å². The van der Waals surface area contributed by atoms with Gasteiger partial charge in [-0.15, -0.1) is 0 Å². The molecule has 0 amide bonds. The Morgan fingerprint density at radius 2 is 1.95 bits per heavy atom. The van der Waals surface area contributed by atoms with Crippen LogP contribution in [0.25, 0.3) is 0 Å². The number of rotatable bonds is 5. The van der Waals surface area contributed by atoms with Gasteiger partial charge in [0.05, 0.1) is 6.07 Å². The summed E-state index contributed by atoms with van der Waals surface area (Å²) >= 11 is 6.07. The molecule has 21 heavy (non-hydrogen) atoms. The lowest BCUT2D eigenvalue weighted by molar-refractivity contribution is 0.262. The second-order valence-electron chi connectivity index (χ2n) is 5.23. The SMILES string of the molecule is CC(N)(C#N)COc1ccc(Cl)cc1Cc1ccccc1. The third kappa shape index (κ3) is 4.49. The Labute approximate surface area is 129 Å². The fourth-order valence-corrected chi connectivity index (χ4v) is 2.10. The van der Waals surface area contributed by atoms with Crippen molar-refractivity contribution in [2.75, 3.05) is 6.61 Å². The Kier molecular flexibility index (Phi) is 4.85. The van der Waals surface area contributed by atoms with E-state index in [0.717, 1.165) is 5.56 Å². The highest BCUT2D eigenvalue weighted by Gasteiger charge is 2.19. The molecule has 0 aliphatic heterocycles. The normalized spacial score (nSPS) is 13.2. The average molecular weight is 301 g/mol. The molecule has 3 nitrogen and oxygen atoms in total. The Morgan fingerprint density at radius 3 is 2.62 bits per heavy atom. The van der Waals surface area contributed by atoms with E-state index < -0.39 is 5.54 Å². The molecule has 0 aliphatic carbocycles. The van der Waals surface area contributed by atoms with Crippen molar-refractivity contribution < 1.29 is 4.74 Å². The van der Waals surface area contributed by atoms with Gasteiger partial charge in [-0.05, 0) is 36.2 Å². The first kappa shape index (κ1) is 15.4. The van der Waals surface area contributed by atoms with E-state index in [-0.39, 0.29) is 6.61 Å². The molecule has 0 radical (unpaired) electrons. The minimum Gasteiger partial charge on any atom is -0.490 e. The van der Waals surface area contributed by atoms with Gasteiger partial charge in [-0.3, -0.25) is 0 Å². The molecule has 0 aliphatic rings. The van der Waals surface area contributed by atoms with E-state index in [4.69, 9.17) is 27.3 Å². The smallest absolute Gasteiger partial charge is 0.135 e. The highest BCUT2D eigenvalue weighted by molar-refractivity contribution is 6.30. The van der Waals surface area contributed by atoms with Crippen molar-refractivity contribution in [1.29, 1.82) is 5.26 Å². The maximum Gasteiger partial charge on any atom is 0.135 e. The summed E-state index contributed by atoms with van der Waals surface area (Å²) in [6, 6.07) is 17.5. The van der Waals surface area contributed by atoms with Crippen LogP contribution in [-0.2, 0) is 6.42 Å². The molecule has 0 bridgehead atoms. The van der Waals surface area contributed by atoms with Crippen molar-refractivity contribution in [3.8, 4) is 11.8 Å². The van der Waals surface area contributed by atoms with Crippen molar-refractivity contribution in [1.82, 2.24) is 0 Å². The lowest BCUT2D eigenvalue weighted by Gasteiger charge is -2.18. The Morgan fingerprint density at radius 1 is 1.24 bits per heavy atom. The largest absolute Gasteiger partial charge is 0.490 e. The minimum atomic E-state index is -1.01. The van der Waals surface area contributed by atoms with Gasteiger partial charge in [-0.25, -0.2) is 0 Å². The Bertz CT molecular complexity index is 648. The van der Waals surface area contributed by atoms with Crippen molar-refractivity contribution in [3.05, 3.63) is 64.7 Å². The molecule has 108 valence electrons. The zero-order chi connectivity index (χ0) is 15.3. The average Bonchev–Trinajstić information content (AvgIpc) is 2.47. The highest BCUT2D eigenvalue weighted by Crippen LogP contribution is 2.26. The van der Waals surface area contributed by atoms with E-state index in [2.05, 4.69) is 0 Å². The van der Waals surface area contributed by atoms with Crippen molar-refractivity contribution in [2.24, 2.45) is 5.73 Å². The Hall–Kier alpha value is -2.02. The summed E-state index contributed by atoms with van der Waals surface area (Å²) in [5.41, 5.74) is 6.92. The third-order valence-electron chi connectivity index (χ3n) is 3.04. The quantitative estimate of drug-likeness (QED) is 0.918. The van der Waals surface area contributed by atoms with Crippen LogP contribution in [0.1, 0.15) is 18.1 Å². The van der Waals surface area contributed by atoms with Crippen LogP contribution in [0, 0.1) is 11.3 Å². The van der Waals surface area contributed by atoms with Crippen LogP contribution in [-0.4, -0.2) is 12.1 Å². The predicted molar refractivity (Wildman–Crippen MR) is 84.4 cm³/mol. The number of nitriles is 1. The molecule has 0 aromatic heterocycles. The van der Waals surface area contributed by atoms with Gasteiger partial charge in [-0.1, -0.05) is 41.9 Å². The van der Waals surface area contributed by atoms with Gasteiger partial charge in [0, 0.05) is 11.4 Å². The standard InChI is InChI=1S/C17H17ClN2O/c1-17(20,11-19)12-21-16-8-7-15(18)10-14(16)9-13-5-3-2-4-6-13/h2-8,10H,9,12,20H2,1H3. The number of halogens is 1. The maximum absolute atomic E-state index is 8.94. The summed E-state index contributed by atoms with van der Waals surface area (Å²) in [6.45, 7) is 1.77. The number of nitrogens with zero attached hydrogens (tertiary/aromatic N) is 1. The van der Waals surface area contributed by atoms with E-state index in [9.17, 15) is 0 Å². The molecule has 2 aromatic rings. The molecule has 0 saturated heterocycles. The summed E-state index contributed by atoms with van der Waals surface area (Å²) in [6.07, 6.45) is 0.713. The molecule has 1 atom stereocenters. The second kappa shape index (κ2) is 6.62. The number of nitrogens with two attached hydrogens (primary N) is 1. The number of benzene rings is 2. The van der Waals surface area contributed by atoms with Crippen LogP contribution in [0.15, 0.2) is 48.5 Å². The van der Waals surface area contributed by atoms with Crippen LogP contribution in [0.3, 0.4) is 0 Å². The fraction of sp³-hybridized carbons (Fsp3) is 0.235. The van der Waals surface area contributed by atoms with E-state index in [1.807, 2.05) is 48.5 Å². The summed E-state index contributed by atoms with van der Waals surface area (Å²) in [5, 5.41) is 9.60. The molecule has 4 heteroatoms. The number of hydrogen-bond donors (Lipinski definition) is 1. The first-order chi connectivity index (χ1) is 10.00. The zero-order valence-electron chi connectivity index (χ0n) is 11.8. The Balaban J connectivity index is 2.20. The van der Waals surface area contributed by atoms with E-state index in [1.165, 1.54) is 5.56 Å². The first-order valence-electron chi connectivity index (χ1n) is 6.65. The molecule has 0 spiro atoms. The molecule has 1 unspecified atom stereocenters. The summed E-state index contributed by atoms with van der Waals surface area (Å²) < 4.78 is 5.71. The molecule has 0 fully saturated rings. The predicted octanol–water partition coefficient (Wildman–Crippen LogP) is 3.55. The third-order valence-corrected chi connectivity index (χ3v) is 3.28. The number of hydrogen-bond acceptors (Lipinski definition) is 3. The molecular weight excluding hydrogens is 284 g/mol. The van der Waals surface area contributed by atoms with Crippen molar-refractivity contribution >= 4 is 11.6 Å². The van der Waals surface area contributed by atoms with Crippen LogP contribution < -0.4 is 10.5 Å². The van der Waals surface area contributed by atoms with E-state index >= 15 is 0 Å². The first-order valence-corrected chi connectivity index (χ1v) is 7.03. The summed E-state index contributed by atoms with van der Waals surface area (Å²) in [4.78, 5) is 0. The number of ether oxygens (including phenoxy) is 1. The van der Waals surface area contributed by atoms with Gasteiger partial charge < -0.3 is 10.5 Å². The summed E-state index contributed by atoms with van der Waals surface area (Å²) in [7, 11) is 0. The van der Waals surface area contributed by atoms with Crippen LogP contribution in [0.5, 0.6) is 5.75 Å². The van der Waals surface area contributed by atoms with Gasteiger partial charge in [0.1, 0.15) is 17.9 Å². The summed E-state index contributed by atoms with van der Waals surface area (Å²) in [5.74, 6) is 0.704. The monoisotopic (exact) mass is 300 g/mol. The van der Waals surface area contributed by atoms with E-state index in [0.29, 0.717) is 17.2 Å². The van der Waals surface area contributed by atoms with Crippen molar-refractivity contribution in [3.63, 3.8) is 0 Å². The lowest BCUT2D eigenvalue weighted by Crippen LogP contribution is -2.40. The molecule has 2 N–H and O–H groups in total. The zero-order valence-corrected chi connectivity index (χ0v) is 12.6. The van der Waals surface area contributed by atoms with Gasteiger partial charge in [0.15, 0.2) is 0 Å². The lowest BCUT2D eigenvalue weighted by atomic mass is 10.0. The topological polar surface area (TPSA) is 59.0 Å². The van der Waals surface area contributed by atoms with E-state index in [1.54, 1.807) is 13.0 Å².